The number of thiazole rings is 1. The topological polar surface area (TPSA) is 48.7 Å². The number of nitrogens with one attached hydrogen (secondary N) is 1. The van der Waals surface area contributed by atoms with Crippen LogP contribution >= 0.6 is 11.3 Å². The summed E-state index contributed by atoms with van der Waals surface area (Å²) in [6.07, 6.45) is 1.78. The molecule has 1 heterocycles. The third kappa shape index (κ3) is 2.38. The molecular formula is C12H11N3S. The highest BCUT2D eigenvalue weighted by Crippen LogP contribution is 2.18. The second-order valence-electron chi connectivity index (χ2n) is 3.44. The van der Waals surface area contributed by atoms with Crippen molar-refractivity contribution in [2.24, 2.45) is 0 Å². The summed E-state index contributed by atoms with van der Waals surface area (Å²) in [6, 6.07) is 7.92. The van der Waals surface area contributed by atoms with Crippen LogP contribution in [-0.2, 0) is 6.54 Å². The summed E-state index contributed by atoms with van der Waals surface area (Å²) in [5.74, 6) is 0. The van der Waals surface area contributed by atoms with E-state index in [4.69, 9.17) is 5.26 Å². The molecule has 0 spiro atoms. The molecule has 1 aromatic heterocycles. The normalized spacial score (nSPS) is 9.75. The quantitative estimate of drug-likeness (QED) is 0.880. The Labute approximate surface area is 98.4 Å². The molecule has 2 rings (SSSR count). The molecule has 0 aliphatic heterocycles. The monoisotopic (exact) mass is 229 g/mol. The van der Waals surface area contributed by atoms with Gasteiger partial charge in [0.1, 0.15) is 11.1 Å². The van der Waals surface area contributed by atoms with Gasteiger partial charge in [-0.3, -0.25) is 0 Å². The van der Waals surface area contributed by atoms with Crippen molar-refractivity contribution in [3.05, 3.63) is 45.9 Å². The first kappa shape index (κ1) is 10.7. The van der Waals surface area contributed by atoms with Gasteiger partial charge in [0, 0.05) is 11.6 Å². The molecule has 0 aliphatic carbocycles. The first-order valence-corrected chi connectivity index (χ1v) is 5.80. The van der Waals surface area contributed by atoms with Crippen LogP contribution in [0, 0.1) is 18.3 Å². The maximum absolute atomic E-state index is 8.96. The molecule has 4 heteroatoms. The highest BCUT2D eigenvalue weighted by molar-refractivity contribution is 7.09. The Balaban J connectivity index is 2.15. The van der Waals surface area contributed by atoms with E-state index in [9.17, 15) is 0 Å². The van der Waals surface area contributed by atoms with Gasteiger partial charge in [0.2, 0.25) is 0 Å². The number of anilines is 1. The van der Waals surface area contributed by atoms with E-state index in [2.05, 4.69) is 16.4 Å². The maximum atomic E-state index is 8.96. The number of hydrogen-bond acceptors (Lipinski definition) is 4. The number of aryl methyl sites for hydroxylation is 1. The van der Waals surface area contributed by atoms with Crippen molar-refractivity contribution in [2.45, 2.75) is 13.5 Å². The summed E-state index contributed by atoms with van der Waals surface area (Å²) < 4.78 is 0. The van der Waals surface area contributed by atoms with Crippen LogP contribution in [0.25, 0.3) is 0 Å². The molecule has 1 aromatic carbocycles. The van der Waals surface area contributed by atoms with Gasteiger partial charge in [-0.2, -0.15) is 5.26 Å². The minimum absolute atomic E-state index is 0.662. The van der Waals surface area contributed by atoms with Crippen molar-refractivity contribution >= 4 is 17.0 Å². The van der Waals surface area contributed by atoms with E-state index in [-0.39, 0.29) is 0 Å². The first-order valence-electron chi connectivity index (χ1n) is 4.92. The third-order valence-electron chi connectivity index (χ3n) is 2.21. The summed E-state index contributed by atoms with van der Waals surface area (Å²) in [5, 5.41) is 15.2. The number of rotatable bonds is 3. The van der Waals surface area contributed by atoms with Crippen LogP contribution in [0.5, 0.6) is 0 Å². The van der Waals surface area contributed by atoms with E-state index in [0.29, 0.717) is 12.1 Å². The highest BCUT2D eigenvalue weighted by atomic mass is 32.1. The average Bonchev–Trinajstić information content (AvgIpc) is 2.79. The lowest BCUT2D eigenvalue weighted by Gasteiger charge is -2.07. The number of nitriles is 1. The number of aromatic nitrogens is 1. The van der Waals surface area contributed by atoms with Crippen LogP contribution in [0.2, 0.25) is 0 Å². The van der Waals surface area contributed by atoms with E-state index in [1.165, 1.54) is 0 Å². The van der Waals surface area contributed by atoms with Crippen molar-refractivity contribution in [2.75, 3.05) is 5.32 Å². The molecule has 3 nitrogen and oxygen atoms in total. The van der Waals surface area contributed by atoms with Gasteiger partial charge >= 0.3 is 0 Å². The zero-order valence-corrected chi connectivity index (χ0v) is 9.71. The van der Waals surface area contributed by atoms with E-state index in [1.54, 1.807) is 17.5 Å². The Morgan fingerprint density at radius 1 is 1.50 bits per heavy atom. The lowest BCUT2D eigenvalue weighted by molar-refractivity contribution is 1.10. The average molecular weight is 229 g/mol. The predicted molar refractivity (Wildman–Crippen MR) is 65.3 cm³/mol. The summed E-state index contributed by atoms with van der Waals surface area (Å²) in [6.45, 7) is 2.67. The second kappa shape index (κ2) is 4.77. The third-order valence-corrected chi connectivity index (χ3v) is 2.99. The molecule has 1 N–H and O–H groups in total. The van der Waals surface area contributed by atoms with Crippen LogP contribution in [0.1, 0.15) is 16.1 Å². The fraction of sp³-hybridized carbons (Fsp3) is 0.167. The van der Waals surface area contributed by atoms with Crippen molar-refractivity contribution in [3.8, 4) is 6.07 Å². The standard InChI is InChI=1S/C12H11N3S/c1-9-2-3-10(7-13)11(6-9)15-8-12-14-4-5-16-12/h2-6,15H,8H2,1H3. The maximum Gasteiger partial charge on any atom is 0.112 e. The number of benzene rings is 1. The Hall–Kier alpha value is -1.86. The van der Waals surface area contributed by atoms with Gasteiger partial charge in [-0.05, 0) is 24.6 Å². The number of nitrogens with zero attached hydrogens (tertiary/aromatic N) is 2. The highest BCUT2D eigenvalue weighted by Gasteiger charge is 2.02. The smallest absolute Gasteiger partial charge is 0.112 e. The fourth-order valence-corrected chi connectivity index (χ4v) is 1.97. The molecule has 0 bridgehead atoms. The Bertz CT molecular complexity index is 512. The molecular weight excluding hydrogens is 218 g/mol. The zero-order chi connectivity index (χ0) is 11.4. The predicted octanol–water partition coefficient (Wildman–Crippen LogP) is 2.94. The fourth-order valence-electron chi connectivity index (χ4n) is 1.41. The molecule has 16 heavy (non-hydrogen) atoms. The minimum Gasteiger partial charge on any atom is -0.377 e. The van der Waals surface area contributed by atoms with Crippen LogP contribution in [0.15, 0.2) is 29.8 Å². The summed E-state index contributed by atoms with van der Waals surface area (Å²) >= 11 is 1.60. The van der Waals surface area contributed by atoms with Crippen molar-refractivity contribution in [3.63, 3.8) is 0 Å². The van der Waals surface area contributed by atoms with Gasteiger partial charge in [-0.15, -0.1) is 11.3 Å². The molecule has 0 amide bonds. The lowest BCUT2D eigenvalue weighted by atomic mass is 10.1. The number of hydrogen-bond donors (Lipinski definition) is 1. The van der Waals surface area contributed by atoms with Gasteiger partial charge in [0.25, 0.3) is 0 Å². The van der Waals surface area contributed by atoms with Crippen LogP contribution < -0.4 is 5.32 Å². The lowest BCUT2D eigenvalue weighted by Crippen LogP contribution is -2.01. The molecule has 0 saturated carbocycles. The van der Waals surface area contributed by atoms with Gasteiger partial charge in [0.05, 0.1) is 17.8 Å². The van der Waals surface area contributed by atoms with Gasteiger partial charge in [-0.1, -0.05) is 6.07 Å². The SMILES string of the molecule is Cc1ccc(C#N)c(NCc2nccs2)c1. The first-order chi connectivity index (χ1) is 7.79. The minimum atomic E-state index is 0.662. The molecule has 0 radical (unpaired) electrons. The van der Waals surface area contributed by atoms with E-state index < -0.39 is 0 Å². The van der Waals surface area contributed by atoms with E-state index in [0.717, 1.165) is 16.3 Å². The molecule has 2 aromatic rings. The van der Waals surface area contributed by atoms with E-state index in [1.807, 2.05) is 30.5 Å². The summed E-state index contributed by atoms with van der Waals surface area (Å²) in [4.78, 5) is 4.18. The molecule has 0 aliphatic rings. The van der Waals surface area contributed by atoms with Crippen LogP contribution in [0.3, 0.4) is 0 Å². The second-order valence-corrected chi connectivity index (χ2v) is 4.42. The Morgan fingerprint density at radius 3 is 3.06 bits per heavy atom. The molecule has 0 fully saturated rings. The van der Waals surface area contributed by atoms with Crippen LogP contribution in [-0.4, -0.2) is 4.98 Å². The van der Waals surface area contributed by atoms with Crippen molar-refractivity contribution < 1.29 is 0 Å². The zero-order valence-electron chi connectivity index (χ0n) is 8.90. The van der Waals surface area contributed by atoms with Gasteiger partial charge in [-0.25, -0.2) is 4.98 Å². The van der Waals surface area contributed by atoms with E-state index >= 15 is 0 Å². The van der Waals surface area contributed by atoms with Crippen LogP contribution in [0.4, 0.5) is 5.69 Å². The van der Waals surface area contributed by atoms with Gasteiger partial charge in [0.15, 0.2) is 0 Å². The molecule has 0 atom stereocenters. The van der Waals surface area contributed by atoms with Crippen molar-refractivity contribution in [1.29, 1.82) is 5.26 Å². The van der Waals surface area contributed by atoms with Crippen molar-refractivity contribution in [1.82, 2.24) is 4.98 Å². The molecule has 80 valence electrons. The largest absolute Gasteiger partial charge is 0.377 e. The molecule has 0 unspecified atom stereocenters. The summed E-state index contributed by atoms with van der Waals surface area (Å²) in [5.41, 5.74) is 2.68. The van der Waals surface area contributed by atoms with Gasteiger partial charge < -0.3 is 5.32 Å². The molecule has 0 saturated heterocycles. The Kier molecular flexibility index (Phi) is 3.18. The Morgan fingerprint density at radius 2 is 2.38 bits per heavy atom. The summed E-state index contributed by atoms with van der Waals surface area (Å²) in [7, 11) is 0.